The molecule has 0 spiro atoms. The van der Waals surface area contributed by atoms with E-state index in [1.165, 1.54) is 16.4 Å². The Hall–Kier alpha value is -0.980. The summed E-state index contributed by atoms with van der Waals surface area (Å²) >= 11 is 0. The molecular formula is C14H21FN2O2S. The minimum atomic E-state index is -3.73. The third-order valence-corrected chi connectivity index (χ3v) is 5.58. The van der Waals surface area contributed by atoms with E-state index in [2.05, 4.69) is 5.32 Å². The topological polar surface area (TPSA) is 49.4 Å². The molecule has 0 bridgehead atoms. The maximum Gasteiger partial charge on any atom is 0.245 e. The maximum atomic E-state index is 13.9. The van der Waals surface area contributed by atoms with Crippen LogP contribution in [0.25, 0.3) is 0 Å². The second-order valence-electron chi connectivity index (χ2n) is 5.36. The molecule has 1 aliphatic rings. The van der Waals surface area contributed by atoms with E-state index in [0.717, 1.165) is 19.4 Å². The normalized spacial score (nSPS) is 21.1. The van der Waals surface area contributed by atoms with Gasteiger partial charge in [-0.25, -0.2) is 12.8 Å². The molecular weight excluding hydrogens is 279 g/mol. The minimum absolute atomic E-state index is 0.215. The van der Waals surface area contributed by atoms with Crippen LogP contribution in [-0.2, 0) is 10.0 Å². The SMILES string of the molecule is CNCC1CCCN(S(=O)(=O)c2ccc(C)cc2F)C1. The Kier molecular flexibility index (Phi) is 4.78. The van der Waals surface area contributed by atoms with Gasteiger partial charge in [-0.15, -0.1) is 0 Å². The highest BCUT2D eigenvalue weighted by molar-refractivity contribution is 7.89. The summed E-state index contributed by atoms with van der Waals surface area (Å²) in [5.41, 5.74) is 0.716. The number of aryl methyl sites for hydroxylation is 1. The van der Waals surface area contributed by atoms with Crippen molar-refractivity contribution in [2.45, 2.75) is 24.7 Å². The van der Waals surface area contributed by atoms with Gasteiger partial charge >= 0.3 is 0 Å². The molecule has 1 heterocycles. The second kappa shape index (κ2) is 6.20. The van der Waals surface area contributed by atoms with Crippen molar-refractivity contribution in [3.05, 3.63) is 29.6 Å². The lowest BCUT2D eigenvalue weighted by Gasteiger charge is -2.31. The summed E-state index contributed by atoms with van der Waals surface area (Å²) in [5, 5.41) is 3.07. The van der Waals surface area contributed by atoms with Crippen LogP contribution in [0.5, 0.6) is 0 Å². The number of halogens is 1. The van der Waals surface area contributed by atoms with Crippen molar-refractivity contribution in [2.75, 3.05) is 26.7 Å². The Morgan fingerprint density at radius 3 is 2.85 bits per heavy atom. The van der Waals surface area contributed by atoms with Gasteiger partial charge in [0.1, 0.15) is 10.7 Å². The minimum Gasteiger partial charge on any atom is -0.319 e. The van der Waals surface area contributed by atoms with Crippen molar-refractivity contribution in [2.24, 2.45) is 5.92 Å². The average Bonchev–Trinajstić information content (AvgIpc) is 2.39. The fourth-order valence-electron chi connectivity index (χ4n) is 2.65. The smallest absolute Gasteiger partial charge is 0.245 e. The highest BCUT2D eigenvalue weighted by atomic mass is 32.2. The summed E-state index contributed by atoms with van der Waals surface area (Å²) in [6.45, 7) is 3.44. The Balaban J connectivity index is 2.25. The van der Waals surface area contributed by atoms with Crippen LogP contribution in [0.3, 0.4) is 0 Å². The van der Waals surface area contributed by atoms with Crippen LogP contribution in [0.1, 0.15) is 18.4 Å². The van der Waals surface area contributed by atoms with Gasteiger partial charge in [0.15, 0.2) is 0 Å². The summed E-state index contributed by atoms with van der Waals surface area (Å²) in [6.07, 6.45) is 1.82. The van der Waals surface area contributed by atoms with E-state index in [9.17, 15) is 12.8 Å². The van der Waals surface area contributed by atoms with E-state index < -0.39 is 15.8 Å². The van der Waals surface area contributed by atoms with E-state index >= 15 is 0 Å². The molecule has 20 heavy (non-hydrogen) atoms. The molecule has 6 heteroatoms. The van der Waals surface area contributed by atoms with Gasteiger partial charge in [0.25, 0.3) is 0 Å². The van der Waals surface area contributed by atoms with Gasteiger partial charge < -0.3 is 5.32 Å². The van der Waals surface area contributed by atoms with E-state index in [-0.39, 0.29) is 10.8 Å². The van der Waals surface area contributed by atoms with Crippen LogP contribution in [0.4, 0.5) is 4.39 Å². The van der Waals surface area contributed by atoms with Crippen LogP contribution in [0.15, 0.2) is 23.1 Å². The van der Waals surface area contributed by atoms with E-state index in [1.807, 2.05) is 7.05 Å². The van der Waals surface area contributed by atoms with Crippen LogP contribution in [0, 0.1) is 18.7 Å². The number of rotatable bonds is 4. The predicted molar refractivity (Wildman–Crippen MR) is 76.5 cm³/mol. The lowest BCUT2D eigenvalue weighted by Crippen LogP contribution is -2.42. The number of benzene rings is 1. The Morgan fingerprint density at radius 2 is 2.20 bits per heavy atom. The zero-order chi connectivity index (χ0) is 14.8. The lowest BCUT2D eigenvalue weighted by atomic mass is 10.00. The first kappa shape index (κ1) is 15.4. The number of nitrogens with zero attached hydrogens (tertiary/aromatic N) is 1. The standard InChI is InChI=1S/C14H21FN2O2S/c1-11-5-6-14(13(15)8-11)20(18,19)17-7-3-4-12(10-17)9-16-2/h5-6,8,12,16H,3-4,7,9-10H2,1-2H3. The summed E-state index contributed by atoms with van der Waals surface area (Å²) in [6, 6.07) is 4.26. The molecule has 0 radical (unpaired) electrons. The fourth-order valence-corrected chi connectivity index (χ4v) is 4.25. The molecule has 1 N–H and O–H groups in total. The molecule has 0 aliphatic carbocycles. The maximum absolute atomic E-state index is 13.9. The lowest BCUT2D eigenvalue weighted by molar-refractivity contribution is 0.263. The molecule has 0 aromatic heterocycles. The summed E-state index contributed by atoms with van der Waals surface area (Å²) in [7, 11) is -1.88. The summed E-state index contributed by atoms with van der Waals surface area (Å²) in [4.78, 5) is -0.215. The van der Waals surface area contributed by atoms with Gasteiger partial charge in [-0.1, -0.05) is 6.07 Å². The average molecular weight is 300 g/mol. The third kappa shape index (κ3) is 3.19. The molecule has 112 valence electrons. The van der Waals surface area contributed by atoms with Crippen molar-refractivity contribution >= 4 is 10.0 Å². The van der Waals surface area contributed by atoms with Crippen LogP contribution in [-0.4, -0.2) is 39.4 Å². The van der Waals surface area contributed by atoms with Gasteiger partial charge in [-0.2, -0.15) is 4.31 Å². The van der Waals surface area contributed by atoms with Crippen molar-refractivity contribution in [3.63, 3.8) is 0 Å². The van der Waals surface area contributed by atoms with Gasteiger partial charge in [-0.3, -0.25) is 0 Å². The number of piperidine rings is 1. The van der Waals surface area contributed by atoms with Gasteiger partial charge in [-0.05, 0) is 57.0 Å². The predicted octanol–water partition coefficient (Wildman–Crippen LogP) is 1.75. The summed E-state index contributed by atoms with van der Waals surface area (Å²) in [5.74, 6) is -0.377. The first-order valence-electron chi connectivity index (χ1n) is 6.86. The molecule has 2 rings (SSSR count). The zero-order valence-electron chi connectivity index (χ0n) is 11.9. The van der Waals surface area contributed by atoms with E-state index in [0.29, 0.717) is 18.7 Å². The number of sulfonamides is 1. The molecule has 1 unspecified atom stereocenters. The van der Waals surface area contributed by atoms with Crippen molar-refractivity contribution in [3.8, 4) is 0 Å². The Labute approximate surface area is 120 Å². The largest absolute Gasteiger partial charge is 0.319 e. The quantitative estimate of drug-likeness (QED) is 0.922. The van der Waals surface area contributed by atoms with Crippen molar-refractivity contribution in [1.82, 2.24) is 9.62 Å². The third-order valence-electron chi connectivity index (χ3n) is 3.68. The van der Waals surface area contributed by atoms with Crippen LogP contribution < -0.4 is 5.32 Å². The van der Waals surface area contributed by atoms with E-state index in [1.54, 1.807) is 13.0 Å². The second-order valence-corrected chi connectivity index (χ2v) is 7.27. The van der Waals surface area contributed by atoms with Crippen molar-refractivity contribution in [1.29, 1.82) is 0 Å². The highest BCUT2D eigenvalue weighted by Crippen LogP contribution is 2.25. The molecule has 1 atom stereocenters. The van der Waals surface area contributed by atoms with Crippen LogP contribution in [0.2, 0.25) is 0 Å². The summed E-state index contributed by atoms with van der Waals surface area (Å²) < 4.78 is 40.4. The molecule has 1 saturated heterocycles. The molecule has 0 saturated carbocycles. The van der Waals surface area contributed by atoms with E-state index in [4.69, 9.17) is 0 Å². The zero-order valence-corrected chi connectivity index (χ0v) is 12.7. The Morgan fingerprint density at radius 1 is 1.45 bits per heavy atom. The molecule has 0 amide bonds. The number of hydrogen-bond donors (Lipinski definition) is 1. The molecule has 1 aromatic carbocycles. The number of nitrogens with one attached hydrogen (secondary N) is 1. The molecule has 1 fully saturated rings. The monoisotopic (exact) mass is 300 g/mol. The molecule has 1 aromatic rings. The van der Waals surface area contributed by atoms with Gasteiger partial charge in [0, 0.05) is 13.1 Å². The first-order chi connectivity index (χ1) is 9.45. The molecule has 1 aliphatic heterocycles. The fraction of sp³-hybridized carbons (Fsp3) is 0.571. The van der Waals surface area contributed by atoms with Gasteiger partial charge in [0.05, 0.1) is 0 Å². The Bertz CT molecular complexity index is 573. The highest BCUT2D eigenvalue weighted by Gasteiger charge is 2.31. The number of hydrogen-bond acceptors (Lipinski definition) is 3. The van der Waals surface area contributed by atoms with Crippen molar-refractivity contribution < 1.29 is 12.8 Å². The van der Waals surface area contributed by atoms with Crippen LogP contribution >= 0.6 is 0 Å². The first-order valence-corrected chi connectivity index (χ1v) is 8.30. The van der Waals surface area contributed by atoms with Gasteiger partial charge in [0.2, 0.25) is 10.0 Å². The molecule has 4 nitrogen and oxygen atoms in total.